The predicted molar refractivity (Wildman–Crippen MR) is 107 cm³/mol. The average molecular weight is 382 g/mol. The number of carbonyl (C=O) groups excluding carboxylic acids is 1. The summed E-state index contributed by atoms with van der Waals surface area (Å²) < 4.78 is 2.04. The molecule has 0 radical (unpaired) electrons. The number of aryl methyl sites for hydroxylation is 1. The van der Waals surface area contributed by atoms with Gasteiger partial charge in [-0.3, -0.25) is 9.78 Å². The van der Waals surface area contributed by atoms with Crippen molar-refractivity contribution in [3.05, 3.63) is 59.9 Å². The summed E-state index contributed by atoms with van der Waals surface area (Å²) in [5.41, 5.74) is 3.06. The number of nitrogens with zero attached hydrogens (tertiary/aromatic N) is 4. The summed E-state index contributed by atoms with van der Waals surface area (Å²) in [7, 11) is 0. The van der Waals surface area contributed by atoms with Crippen molar-refractivity contribution in [1.82, 2.24) is 25.1 Å². The van der Waals surface area contributed by atoms with Gasteiger partial charge in [0, 0.05) is 18.3 Å². The van der Waals surface area contributed by atoms with Crippen LogP contribution in [0.4, 0.5) is 0 Å². The maximum atomic E-state index is 12.3. The van der Waals surface area contributed by atoms with Gasteiger partial charge in [-0.2, -0.15) is 0 Å². The second kappa shape index (κ2) is 8.81. The van der Waals surface area contributed by atoms with E-state index in [1.807, 2.05) is 47.9 Å². The molecule has 3 rings (SSSR count). The van der Waals surface area contributed by atoms with E-state index in [1.54, 1.807) is 6.20 Å². The molecule has 0 bridgehead atoms. The maximum absolute atomic E-state index is 12.3. The number of pyridine rings is 1. The van der Waals surface area contributed by atoms with Gasteiger partial charge in [-0.05, 0) is 38.5 Å². The lowest BCUT2D eigenvalue weighted by atomic mass is 10.1. The second-order valence-electron chi connectivity index (χ2n) is 6.20. The smallest absolute Gasteiger partial charge is 0.231 e. The zero-order valence-corrected chi connectivity index (χ0v) is 16.5. The Hall–Kier alpha value is -2.67. The minimum absolute atomic E-state index is 0.0544. The Morgan fingerprint density at radius 3 is 2.67 bits per heavy atom. The first-order valence-corrected chi connectivity index (χ1v) is 9.91. The van der Waals surface area contributed by atoms with Gasteiger partial charge in [-0.15, -0.1) is 10.2 Å². The summed E-state index contributed by atoms with van der Waals surface area (Å²) in [6, 6.07) is 13.6. The fourth-order valence-corrected chi connectivity index (χ4v) is 3.64. The highest BCUT2D eigenvalue weighted by atomic mass is 32.2. The number of carbonyl (C=O) groups is 1. The van der Waals surface area contributed by atoms with Crippen molar-refractivity contribution in [2.45, 2.75) is 38.5 Å². The molecule has 140 valence electrons. The number of benzene rings is 1. The third-order valence-electron chi connectivity index (χ3n) is 4.26. The molecule has 6 nitrogen and oxygen atoms in total. The second-order valence-corrected chi connectivity index (χ2v) is 7.14. The number of nitrogens with one attached hydrogen (secondary N) is 1. The zero-order chi connectivity index (χ0) is 19.2. The number of hydrogen-bond acceptors (Lipinski definition) is 5. The molecule has 0 aliphatic carbocycles. The molecule has 1 amide bonds. The van der Waals surface area contributed by atoms with Crippen LogP contribution in [0.5, 0.6) is 0 Å². The van der Waals surface area contributed by atoms with Gasteiger partial charge in [0.2, 0.25) is 5.91 Å². The van der Waals surface area contributed by atoms with E-state index in [1.165, 1.54) is 11.8 Å². The van der Waals surface area contributed by atoms with Crippen LogP contribution in [0.2, 0.25) is 0 Å². The number of amides is 1. The van der Waals surface area contributed by atoms with Crippen molar-refractivity contribution >= 4 is 17.7 Å². The third-order valence-corrected chi connectivity index (χ3v) is 5.23. The van der Waals surface area contributed by atoms with Gasteiger partial charge in [-0.25, -0.2) is 0 Å². The summed E-state index contributed by atoms with van der Waals surface area (Å²) in [5.74, 6) is 1.06. The Bertz CT molecular complexity index is 910. The van der Waals surface area contributed by atoms with Crippen LogP contribution in [-0.2, 0) is 11.3 Å². The molecule has 0 saturated heterocycles. The Morgan fingerprint density at radius 1 is 1.19 bits per heavy atom. The first-order chi connectivity index (χ1) is 13.1. The fraction of sp³-hybridized carbons (Fsp3) is 0.300. The highest BCUT2D eigenvalue weighted by Gasteiger charge is 2.16. The molecule has 2 aromatic heterocycles. The monoisotopic (exact) mass is 381 g/mol. The van der Waals surface area contributed by atoms with Gasteiger partial charge in [0.25, 0.3) is 0 Å². The molecule has 0 spiro atoms. The standard InChI is InChI=1S/C20H23N5OS/c1-4-25-19(16-10-6-5-9-14(16)2)23-24-20(25)27-13-18(26)22-15(3)17-11-7-8-12-21-17/h5-12,15H,4,13H2,1-3H3,(H,22,26). The highest BCUT2D eigenvalue weighted by molar-refractivity contribution is 7.99. The van der Waals surface area contributed by atoms with Crippen LogP contribution >= 0.6 is 11.8 Å². The van der Waals surface area contributed by atoms with Gasteiger partial charge in [-0.1, -0.05) is 42.1 Å². The summed E-state index contributed by atoms with van der Waals surface area (Å²) in [4.78, 5) is 16.6. The molecule has 0 saturated carbocycles. The van der Waals surface area contributed by atoms with Crippen LogP contribution in [0.15, 0.2) is 53.8 Å². The van der Waals surface area contributed by atoms with E-state index in [0.717, 1.165) is 34.3 Å². The summed E-state index contributed by atoms with van der Waals surface area (Å²) in [6.07, 6.45) is 1.73. The van der Waals surface area contributed by atoms with Crippen LogP contribution in [0.25, 0.3) is 11.4 Å². The Kier molecular flexibility index (Phi) is 6.24. The largest absolute Gasteiger partial charge is 0.347 e. The normalized spacial score (nSPS) is 12.0. The van der Waals surface area contributed by atoms with E-state index in [4.69, 9.17) is 0 Å². The molecule has 1 N–H and O–H groups in total. The van der Waals surface area contributed by atoms with Crippen LogP contribution < -0.4 is 5.32 Å². The van der Waals surface area contributed by atoms with Crippen molar-refractivity contribution in [3.8, 4) is 11.4 Å². The quantitative estimate of drug-likeness (QED) is 0.633. The lowest BCUT2D eigenvalue weighted by molar-refractivity contribution is -0.119. The lowest BCUT2D eigenvalue weighted by Gasteiger charge is -2.13. The van der Waals surface area contributed by atoms with Gasteiger partial charge < -0.3 is 9.88 Å². The van der Waals surface area contributed by atoms with E-state index in [-0.39, 0.29) is 17.7 Å². The molecule has 2 heterocycles. The number of aromatic nitrogens is 4. The van der Waals surface area contributed by atoms with Crippen molar-refractivity contribution in [2.24, 2.45) is 0 Å². The molecule has 0 aliphatic rings. The SMILES string of the molecule is CCn1c(SCC(=O)NC(C)c2ccccn2)nnc1-c1ccccc1C. The predicted octanol–water partition coefficient (Wildman–Crippen LogP) is 3.64. The molecule has 3 aromatic rings. The number of thioether (sulfide) groups is 1. The topological polar surface area (TPSA) is 72.7 Å². The maximum Gasteiger partial charge on any atom is 0.231 e. The molecule has 1 atom stereocenters. The van der Waals surface area contributed by atoms with Crippen molar-refractivity contribution in [3.63, 3.8) is 0 Å². The minimum Gasteiger partial charge on any atom is -0.347 e. The van der Waals surface area contributed by atoms with Crippen molar-refractivity contribution in [2.75, 3.05) is 5.75 Å². The average Bonchev–Trinajstić information content (AvgIpc) is 3.10. The highest BCUT2D eigenvalue weighted by Crippen LogP contribution is 2.26. The number of hydrogen-bond donors (Lipinski definition) is 1. The first-order valence-electron chi connectivity index (χ1n) is 8.92. The first kappa shape index (κ1) is 19.1. The Labute approximate surface area is 163 Å². The van der Waals surface area contributed by atoms with E-state index in [0.29, 0.717) is 0 Å². The van der Waals surface area contributed by atoms with Gasteiger partial charge in [0.1, 0.15) is 0 Å². The van der Waals surface area contributed by atoms with Crippen LogP contribution in [0, 0.1) is 6.92 Å². The molecular weight excluding hydrogens is 358 g/mol. The van der Waals surface area contributed by atoms with Gasteiger partial charge in [0.15, 0.2) is 11.0 Å². The van der Waals surface area contributed by atoms with E-state index >= 15 is 0 Å². The lowest BCUT2D eigenvalue weighted by Crippen LogP contribution is -2.28. The van der Waals surface area contributed by atoms with E-state index in [9.17, 15) is 4.79 Å². The molecule has 1 unspecified atom stereocenters. The molecule has 0 fully saturated rings. The zero-order valence-electron chi connectivity index (χ0n) is 15.7. The number of rotatable bonds is 7. The Balaban J connectivity index is 1.66. The molecular formula is C20H23N5OS. The Morgan fingerprint density at radius 2 is 1.96 bits per heavy atom. The van der Waals surface area contributed by atoms with Gasteiger partial charge >= 0.3 is 0 Å². The fourth-order valence-electron chi connectivity index (χ4n) is 2.82. The van der Waals surface area contributed by atoms with Crippen LogP contribution in [0.1, 0.15) is 31.1 Å². The summed E-state index contributed by atoms with van der Waals surface area (Å²) in [6.45, 7) is 6.78. The summed E-state index contributed by atoms with van der Waals surface area (Å²) >= 11 is 1.40. The molecule has 1 aromatic carbocycles. The van der Waals surface area contributed by atoms with Crippen LogP contribution in [-0.4, -0.2) is 31.4 Å². The molecule has 7 heteroatoms. The minimum atomic E-state index is -0.133. The van der Waals surface area contributed by atoms with Crippen molar-refractivity contribution < 1.29 is 4.79 Å². The third kappa shape index (κ3) is 4.54. The van der Waals surface area contributed by atoms with E-state index < -0.39 is 0 Å². The molecule has 0 aliphatic heterocycles. The van der Waals surface area contributed by atoms with E-state index in [2.05, 4.69) is 40.4 Å². The van der Waals surface area contributed by atoms with Crippen molar-refractivity contribution in [1.29, 1.82) is 0 Å². The van der Waals surface area contributed by atoms with Crippen LogP contribution in [0.3, 0.4) is 0 Å². The summed E-state index contributed by atoms with van der Waals surface area (Å²) in [5, 5.41) is 12.4. The molecule has 27 heavy (non-hydrogen) atoms. The van der Waals surface area contributed by atoms with Gasteiger partial charge in [0.05, 0.1) is 17.5 Å².